The first-order valence-electron chi connectivity index (χ1n) is 9.23. The van der Waals surface area contributed by atoms with Gasteiger partial charge in [0.2, 0.25) is 15.9 Å². The largest absolute Gasteiger partial charge is 0.351 e. The fraction of sp³-hybridized carbons (Fsp3) is 0.238. The second kappa shape index (κ2) is 7.69. The molecule has 1 aliphatic rings. The van der Waals surface area contributed by atoms with Crippen LogP contribution in [0.2, 0.25) is 0 Å². The van der Waals surface area contributed by atoms with Crippen molar-refractivity contribution in [3.63, 3.8) is 0 Å². The lowest BCUT2D eigenvalue weighted by Gasteiger charge is -2.23. The highest BCUT2D eigenvalue weighted by atomic mass is 32.2. The van der Waals surface area contributed by atoms with E-state index in [1.807, 2.05) is 30.3 Å². The van der Waals surface area contributed by atoms with E-state index in [-0.39, 0.29) is 10.8 Å². The van der Waals surface area contributed by atoms with E-state index >= 15 is 0 Å². The van der Waals surface area contributed by atoms with Gasteiger partial charge in [0.15, 0.2) is 0 Å². The zero-order valence-corrected chi connectivity index (χ0v) is 16.1. The van der Waals surface area contributed by atoms with Crippen LogP contribution in [0.4, 0.5) is 0 Å². The predicted octanol–water partition coefficient (Wildman–Crippen LogP) is 2.70. The van der Waals surface area contributed by atoms with Crippen LogP contribution in [0.5, 0.6) is 0 Å². The van der Waals surface area contributed by atoms with Crippen LogP contribution in [0, 0.1) is 0 Å². The van der Waals surface area contributed by atoms with Gasteiger partial charge in [-0.2, -0.15) is 4.31 Å². The first-order valence-corrected chi connectivity index (χ1v) is 10.7. The minimum atomic E-state index is -3.75. The molecule has 2 heterocycles. The van der Waals surface area contributed by atoms with Gasteiger partial charge in [-0.25, -0.2) is 8.42 Å². The summed E-state index contributed by atoms with van der Waals surface area (Å²) in [5.74, 6) is -0.272. The smallest absolute Gasteiger partial charge is 0.243 e. The van der Waals surface area contributed by atoms with Gasteiger partial charge in [-0.05, 0) is 47.4 Å². The second-order valence-electron chi connectivity index (χ2n) is 6.86. The van der Waals surface area contributed by atoms with E-state index < -0.39 is 16.1 Å². The zero-order valence-electron chi connectivity index (χ0n) is 15.3. The first kappa shape index (κ1) is 18.6. The normalized spacial score (nSPS) is 17.6. The van der Waals surface area contributed by atoms with Crippen LogP contribution in [0.15, 0.2) is 71.9 Å². The van der Waals surface area contributed by atoms with E-state index in [0.29, 0.717) is 25.9 Å². The van der Waals surface area contributed by atoms with E-state index in [2.05, 4.69) is 10.3 Å². The zero-order chi connectivity index (χ0) is 19.6. The third-order valence-electron chi connectivity index (χ3n) is 5.02. The number of pyridine rings is 1. The van der Waals surface area contributed by atoms with E-state index in [0.717, 1.165) is 16.3 Å². The quantitative estimate of drug-likeness (QED) is 0.720. The van der Waals surface area contributed by atoms with E-state index in [1.54, 1.807) is 36.7 Å². The van der Waals surface area contributed by atoms with Gasteiger partial charge in [-0.3, -0.25) is 9.78 Å². The van der Waals surface area contributed by atoms with E-state index in [9.17, 15) is 13.2 Å². The highest BCUT2D eigenvalue weighted by Crippen LogP contribution is 2.28. The Balaban J connectivity index is 1.54. The molecule has 1 fully saturated rings. The molecule has 0 bridgehead atoms. The third kappa shape index (κ3) is 3.63. The summed E-state index contributed by atoms with van der Waals surface area (Å²) < 4.78 is 27.7. The Morgan fingerprint density at radius 2 is 1.93 bits per heavy atom. The number of amides is 1. The fourth-order valence-corrected chi connectivity index (χ4v) is 5.26. The molecule has 28 heavy (non-hydrogen) atoms. The molecule has 1 atom stereocenters. The maximum Gasteiger partial charge on any atom is 0.243 e. The van der Waals surface area contributed by atoms with Gasteiger partial charge in [0, 0.05) is 25.5 Å². The van der Waals surface area contributed by atoms with Crippen molar-refractivity contribution in [3.05, 3.63) is 72.6 Å². The molecule has 6 nitrogen and oxygen atoms in total. The van der Waals surface area contributed by atoms with Crippen LogP contribution >= 0.6 is 0 Å². The summed E-state index contributed by atoms with van der Waals surface area (Å²) in [5, 5.41) is 4.68. The average Bonchev–Trinajstić information content (AvgIpc) is 3.23. The molecule has 7 heteroatoms. The molecule has 3 aromatic rings. The third-order valence-corrected chi connectivity index (χ3v) is 6.93. The van der Waals surface area contributed by atoms with Crippen LogP contribution in [-0.2, 0) is 21.4 Å². The summed E-state index contributed by atoms with van der Waals surface area (Å²) in [7, 11) is -3.75. The molecule has 0 saturated carbocycles. The highest BCUT2D eigenvalue weighted by molar-refractivity contribution is 7.89. The summed E-state index contributed by atoms with van der Waals surface area (Å²) in [4.78, 5) is 16.9. The van der Waals surface area contributed by atoms with Crippen LogP contribution in [0.1, 0.15) is 18.4 Å². The Kier molecular flexibility index (Phi) is 5.11. The number of hydrogen-bond donors (Lipinski definition) is 1. The topological polar surface area (TPSA) is 79.4 Å². The van der Waals surface area contributed by atoms with Gasteiger partial charge in [-0.1, -0.05) is 36.4 Å². The molecular weight excluding hydrogens is 374 g/mol. The van der Waals surface area contributed by atoms with Crippen molar-refractivity contribution in [2.75, 3.05) is 6.54 Å². The first-order chi connectivity index (χ1) is 13.6. The Morgan fingerprint density at radius 3 is 2.71 bits per heavy atom. The molecular formula is C21H21N3O3S. The number of benzene rings is 2. The van der Waals surface area contributed by atoms with Gasteiger partial charge < -0.3 is 5.32 Å². The lowest BCUT2D eigenvalue weighted by Crippen LogP contribution is -2.45. The number of carbonyl (C=O) groups excluding carboxylic acids is 1. The Labute approximate surface area is 164 Å². The van der Waals surface area contributed by atoms with Gasteiger partial charge in [0.05, 0.1) is 4.90 Å². The molecule has 144 valence electrons. The molecule has 1 aromatic heterocycles. The SMILES string of the molecule is O=C(NCc1cccnc1)[C@H]1CCCN1S(=O)(=O)c1ccc2ccccc2c1. The van der Waals surface area contributed by atoms with Gasteiger partial charge in [0.25, 0.3) is 0 Å². The number of rotatable bonds is 5. The van der Waals surface area contributed by atoms with Crippen molar-refractivity contribution < 1.29 is 13.2 Å². The molecule has 1 saturated heterocycles. The summed E-state index contributed by atoms with van der Waals surface area (Å²) >= 11 is 0. The molecule has 4 rings (SSSR count). The second-order valence-corrected chi connectivity index (χ2v) is 8.75. The minimum absolute atomic E-state index is 0.221. The van der Waals surface area contributed by atoms with Crippen molar-refractivity contribution in [2.24, 2.45) is 0 Å². The number of carbonyl (C=O) groups is 1. The highest BCUT2D eigenvalue weighted by Gasteiger charge is 2.39. The molecule has 1 N–H and O–H groups in total. The lowest BCUT2D eigenvalue weighted by molar-refractivity contribution is -0.124. The number of aromatic nitrogens is 1. The number of nitrogens with one attached hydrogen (secondary N) is 1. The Bertz CT molecular complexity index is 1100. The molecule has 0 radical (unpaired) electrons. The van der Waals surface area contributed by atoms with Crippen molar-refractivity contribution >= 4 is 26.7 Å². The van der Waals surface area contributed by atoms with Gasteiger partial charge >= 0.3 is 0 Å². The molecule has 1 aliphatic heterocycles. The Hall–Kier alpha value is -2.77. The molecule has 2 aromatic carbocycles. The standard InChI is InChI=1S/C21H21N3O3S/c25-21(23-15-16-5-3-11-22-14-16)20-8-4-12-24(20)28(26,27)19-10-9-17-6-1-2-7-18(17)13-19/h1-3,5-7,9-11,13-14,20H,4,8,12,15H2,(H,23,25)/t20-/m1/s1. The maximum absolute atomic E-state index is 13.2. The molecule has 0 spiro atoms. The van der Waals surface area contributed by atoms with Crippen molar-refractivity contribution in [1.82, 2.24) is 14.6 Å². The van der Waals surface area contributed by atoms with Crippen LogP contribution in [0.3, 0.4) is 0 Å². The Morgan fingerprint density at radius 1 is 1.11 bits per heavy atom. The van der Waals surface area contributed by atoms with Crippen LogP contribution in [0.25, 0.3) is 10.8 Å². The van der Waals surface area contributed by atoms with Crippen LogP contribution in [-0.4, -0.2) is 36.2 Å². The number of sulfonamides is 1. The predicted molar refractivity (Wildman–Crippen MR) is 107 cm³/mol. The number of fused-ring (bicyclic) bond motifs is 1. The van der Waals surface area contributed by atoms with Gasteiger partial charge in [-0.15, -0.1) is 0 Å². The summed E-state index contributed by atoms with van der Waals surface area (Å²) in [6.45, 7) is 0.674. The summed E-state index contributed by atoms with van der Waals surface area (Å²) in [5.41, 5.74) is 0.873. The summed E-state index contributed by atoms with van der Waals surface area (Å²) in [6.07, 6.45) is 4.53. The molecule has 1 amide bonds. The van der Waals surface area contributed by atoms with Gasteiger partial charge in [0.1, 0.15) is 6.04 Å². The number of hydrogen-bond acceptors (Lipinski definition) is 4. The maximum atomic E-state index is 13.2. The van der Waals surface area contributed by atoms with Crippen molar-refractivity contribution in [3.8, 4) is 0 Å². The van der Waals surface area contributed by atoms with Crippen molar-refractivity contribution in [1.29, 1.82) is 0 Å². The monoisotopic (exact) mass is 395 g/mol. The molecule has 0 aliphatic carbocycles. The summed E-state index contributed by atoms with van der Waals surface area (Å²) in [6, 6.07) is 15.7. The number of nitrogens with zero attached hydrogens (tertiary/aromatic N) is 2. The van der Waals surface area contributed by atoms with Crippen LogP contribution < -0.4 is 5.32 Å². The average molecular weight is 395 g/mol. The van der Waals surface area contributed by atoms with Crippen molar-refractivity contribution in [2.45, 2.75) is 30.3 Å². The lowest BCUT2D eigenvalue weighted by atomic mass is 10.1. The minimum Gasteiger partial charge on any atom is -0.351 e. The molecule has 0 unspecified atom stereocenters. The fourth-order valence-electron chi connectivity index (χ4n) is 3.56. The van der Waals surface area contributed by atoms with E-state index in [4.69, 9.17) is 0 Å². The van der Waals surface area contributed by atoms with E-state index in [1.165, 1.54) is 4.31 Å².